The highest BCUT2D eigenvalue weighted by molar-refractivity contribution is 7.98. The van der Waals surface area contributed by atoms with Gasteiger partial charge in [-0.2, -0.15) is 0 Å². The fourth-order valence-electron chi connectivity index (χ4n) is 3.58. The van der Waals surface area contributed by atoms with E-state index in [1.165, 1.54) is 17.4 Å². The van der Waals surface area contributed by atoms with Gasteiger partial charge in [0.25, 0.3) is 11.6 Å². The van der Waals surface area contributed by atoms with Crippen molar-refractivity contribution in [1.82, 2.24) is 9.88 Å². The van der Waals surface area contributed by atoms with Gasteiger partial charge >= 0.3 is 0 Å². The Bertz CT molecular complexity index is 1150. The second kappa shape index (κ2) is 11.3. The molecule has 176 valence electrons. The monoisotopic (exact) mass is 508 g/mol. The minimum absolute atomic E-state index is 0. The molecule has 1 aromatic heterocycles. The van der Waals surface area contributed by atoms with E-state index in [0.717, 1.165) is 28.2 Å². The molecule has 8 nitrogen and oxygen atoms in total. The van der Waals surface area contributed by atoms with Gasteiger partial charge in [0.1, 0.15) is 0 Å². The van der Waals surface area contributed by atoms with Crippen LogP contribution in [-0.2, 0) is 4.74 Å². The number of anilines is 1. The number of rotatable bonds is 7. The van der Waals surface area contributed by atoms with Crippen LogP contribution in [0.3, 0.4) is 0 Å². The number of carbonyl (C=O) groups is 1. The first kappa shape index (κ1) is 25.4. The average molecular weight is 509 g/mol. The molecule has 2 aromatic carbocycles. The highest BCUT2D eigenvalue weighted by Crippen LogP contribution is 2.32. The number of aromatic nitrogens is 1. The number of hydrogen-bond acceptors (Lipinski definition) is 8. The summed E-state index contributed by atoms with van der Waals surface area (Å²) in [5, 5.41) is 12.0. The normalized spacial score (nSPS) is 14.1. The summed E-state index contributed by atoms with van der Waals surface area (Å²) in [5.41, 5.74) is 1.59. The van der Waals surface area contributed by atoms with Crippen molar-refractivity contribution in [2.45, 2.75) is 11.8 Å². The van der Waals surface area contributed by atoms with Gasteiger partial charge in [0.05, 0.1) is 28.4 Å². The van der Waals surface area contributed by atoms with Crippen molar-refractivity contribution >= 4 is 62.4 Å². The molecule has 0 saturated carbocycles. The Morgan fingerprint density at radius 3 is 2.73 bits per heavy atom. The Hall–Kier alpha value is -2.24. The molecule has 0 radical (unpaired) electrons. The number of benzene rings is 2. The fraction of sp³-hybridized carbons (Fsp3) is 0.364. The summed E-state index contributed by atoms with van der Waals surface area (Å²) in [5.74, 6) is -0.287. The van der Waals surface area contributed by atoms with Crippen LogP contribution in [0.4, 0.5) is 10.8 Å². The standard InChI is InChI=1S/C22H24N4O4S2.ClH/c1-15-3-4-16(13-19(15)26(28)29)21(27)25(8-7-24-9-11-30-12-10-24)22-23-18-6-5-17(31-2)14-20(18)32-22;/h3-6,13-14H,7-12H2,1-2H3;1H. The zero-order chi connectivity index (χ0) is 22.7. The number of thioether (sulfide) groups is 1. The van der Waals surface area contributed by atoms with Gasteiger partial charge in [0.15, 0.2) is 5.13 Å². The number of amides is 1. The van der Waals surface area contributed by atoms with E-state index in [1.54, 1.807) is 35.7 Å². The first-order chi connectivity index (χ1) is 15.5. The quantitative estimate of drug-likeness (QED) is 0.261. The average Bonchev–Trinajstić information content (AvgIpc) is 3.22. The van der Waals surface area contributed by atoms with E-state index in [9.17, 15) is 14.9 Å². The van der Waals surface area contributed by atoms with Crippen LogP contribution in [0.25, 0.3) is 10.2 Å². The molecule has 0 spiro atoms. The molecule has 2 heterocycles. The summed E-state index contributed by atoms with van der Waals surface area (Å²) in [4.78, 5) is 34.2. The smallest absolute Gasteiger partial charge is 0.273 e. The molecule has 1 aliphatic heterocycles. The maximum Gasteiger partial charge on any atom is 0.273 e. The third kappa shape index (κ3) is 5.82. The number of hydrogen-bond donors (Lipinski definition) is 0. The lowest BCUT2D eigenvalue weighted by atomic mass is 10.1. The number of morpholine rings is 1. The maximum atomic E-state index is 13.5. The zero-order valence-electron chi connectivity index (χ0n) is 18.4. The lowest BCUT2D eigenvalue weighted by Crippen LogP contribution is -2.43. The Balaban J connectivity index is 0.00000306. The minimum atomic E-state index is -0.453. The Kier molecular flexibility index (Phi) is 8.66. The topological polar surface area (TPSA) is 88.8 Å². The van der Waals surface area contributed by atoms with Crippen molar-refractivity contribution in [1.29, 1.82) is 0 Å². The van der Waals surface area contributed by atoms with Crippen LogP contribution in [0.5, 0.6) is 0 Å². The summed E-state index contributed by atoms with van der Waals surface area (Å²) < 4.78 is 6.42. The predicted molar refractivity (Wildman–Crippen MR) is 135 cm³/mol. The second-order valence-electron chi connectivity index (χ2n) is 7.50. The van der Waals surface area contributed by atoms with Crippen LogP contribution >= 0.6 is 35.5 Å². The van der Waals surface area contributed by atoms with Crippen molar-refractivity contribution < 1.29 is 14.5 Å². The van der Waals surface area contributed by atoms with E-state index in [0.29, 0.717) is 37.0 Å². The van der Waals surface area contributed by atoms with E-state index < -0.39 is 4.92 Å². The lowest BCUT2D eigenvalue weighted by Gasteiger charge is -2.29. The van der Waals surface area contributed by atoms with Gasteiger partial charge in [-0.15, -0.1) is 24.2 Å². The Labute approximate surface area is 206 Å². The number of halogens is 1. The molecule has 0 N–H and O–H groups in total. The number of fused-ring (bicyclic) bond motifs is 1. The number of ether oxygens (including phenoxy) is 1. The van der Waals surface area contributed by atoms with Gasteiger partial charge in [-0.1, -0.05) is 17.4 Å². The Morgan fingerprint density at radius 2 is 2.03 bits per heavy atom. The summed E-state index contributed by atoms with van der Waals surface area (Å²) in [6.45, 7) is 5.77. The van der Waals surface area contributed by atoms with E-state index in [2.05, 4.69) is 11.0 Å². The highest BCUT2D eigenvalue weighted by Gasteiger charge is 2.25. The van der Waals surface area contributed by atoms with Gasteiger partial charge in [-0.05, 0) is 37.4 Å². The van der Waals surface area contributed by atoms with Crippen molar-refractivity contribution in [3.8, 4) is 0 Å². The van der Waals surface area contributed by atoms with Gasteiger partial charge < -0.3 is 4.74 Å². The van der Waals surface area contributed by atoms with Crippen LogP contribution in [0, 0.1) is 17.0 Å². The highest BCUT2D eigenvalue weighted by atomic mass is 35.5. The molecule has 0 atom stereocenters. The van der Waals surface area contributed by atoms with Gasteiger partial charge in [-0.3, -0.25) is 24.7 Å². The first-order valence-electron chi connectivity index (χ1n) is 10.3. The molecule has 0 unspecified atom stereocenters. The molecular formula is C22H25ClN4O4S2. The molecular weight excluding hydrogens is 484 g/mol. The number of nitrogens with zero attached hydrogens (tertiary/aromatic N) is 4. The van der Waals surface area contributed by atoms with Gasteiger partial charge in [0, 0.05) is 48.3 Å². The van der Waals surface area contributed by atoms with E-state index >= 15 is 0 Å². The molecule has 1 fully saturated rings. The Morgan fingerprint density at radius 1 is 1.27 bits per heavy atom. The SMILES string of the molecule is CSc1ccc2nc(N(CCN3CCOCC3)C(=O)c3ccc(C)c([N+](=O)[O-])c3)sc2c1.Cl. The molecule has 1 saturated heterocycles. The van der Waals surface area contributed by atoms with Crippen molar-refractivity contribution in [3.05, 3.63) is 57.6 Å². The van der Waals surface area contributed by atoms with E-state index in [4.69, 9.17) is 9.72 Å². The largest absolute Gasteiger partial charge is 0.379 e. The summed E-state index contributed by atoms with van der Waals surface area (Å²) in [6, 6.07) is 10.7. The number of carbonyl (C=O) groups excluding carboxylic acids is 1. The summed E-state index contributed by atoms with van der Waals surface area (Å²) in [7, 11) is 0. The molecule has 1 aliphatic rings. The number of aryl methyl sites for hydroxylation is 1. The predicted octanol–water partition coefficient (Wildman–Crippen LogP) is 4.64. The van der Waals surface area contributed by atoms with Crippen LogP contribution in [0.15, 0.2) is 41.3 Å². The van der Waals surface area contributed by atoms with Crippen LogP contribution in [-0.4, -0.2) is 66.4 Å². The molecule has 1 amide bonds. The molecule has 33 heavy (non-hydrogen) atoms. The van der Waals surface area contributed by atoms with Crippen molar-refractivity contribution in [3.63, 3.8) is 0 Å². The van der Waals surface area contributed by atoms with Crippen LogP contribution in [0.1, 0.15) is 15.9 Å². The van der Waals surface area contributed by atoms with E-state index in [1.807, 2.05) is 18.4 Å². The van der Waals surface area contributed by atoms with Gasteiger partial charge in [-0.25, -0.2) is 4.98 Å². The third-order valence-corrected chi connectivity index (χ3v) is 7.22. The van der Waals surface area contributed by atoms with E-state index in [-0.39, 0.29) is 29.6 Å². The first-order valence-corrected chi connectivity index (χ1v) is 12.3. The maximum absolute atomic E-state index is 13.5. The molecule has 0 bridgehead atoms. The third-order valence-electron chi connectivity index (χ3n) is 5.46. The second-order valence-corrected chi connectivity index (χ2v) is 9.39. The minimum Gasteiger partial charge on any atom is -0.379 e. The summed E-state index contributed by atoms with van der Waals surface area (Å²) in [6.07, 6.45) is 2.02. The summed E-state index contributed by atoms with van der Waals surface area (Å²) >= 11 is 3.12. The molecule has 3 aromatic rings. The molecule has 0 aliphatic carbocycles. The fourth-order valence-corrected chi connectivity index (χ4v) is 5.12. The van der Waals surface area contributed by atoms with Gasteiger partial charge in [0.2, 0.25) is 0 Å². The number of thiazole rings is 1. The van der Waals surface area contributed by atoms with Crippen molar-refractivity contribution in [2.75, 3.05) is 50.5 Å². The van der Waals surface area contributed by atoms with Crippen LogP contribution in [0.2, 0.25) is 0 Å². The molecule has 4 rings (SSSR count). The zero-order valence-corrected chi connectivity index (χ0v) is 20.8. The van der Waals surface area contributed by atoms with Crippen LogP contribution < -0.4 is 4.90 Å². The lowest BCUT2D eigenvalue weighted by molar-refractivity contribution is -0.385. The number of nitro groups is 1. The van der Waals surface area contributed by atoms with Crippen molar-refractivity contribution in [2.24, 2.45) is 0 Å². The number of nitro benzene ring substituents is 1. The molecule has 11 heteroatoms.